The van der Waals surface area contributed by atoms with Gasteiger partial charge in [-0.3, -0.25) is 4.79 Å². The number of hydrogen-bond donors (Lipinski definition) is 1. The Bertz CT molecular complexity index is 831. The predicted octanol–water partition coefficient (Wildman–Crippen LogP) is 4.92. The van der Waals surface area contributed by atoms with Crippen LogP contribution >= 0.6 is 0 Å². The van der Waals surface area contributed by atoms with Gasteiger partial charge in [-0.1, -0.05) is 55.8 Å². The van der Waals surface area contributed by atoms with Crippen LogP contribution in [0.25, 0.3) is 6.08 Å². The van der Waals surface area contributed by atoms with E-state index in [1.165, 1.54) is 18.2 Å². The molecular formula is C22H22F3NO3. The molecule has 0 aromatic heterocycles. The summed E-state index contributed by atoms with van der Waals surface area (Å²) in [6, 6.07) is 13.7. The third kappa shape index (κ3) is 7.44. The van der Waals surface area contributed by atoms with E-state index in [1.807, 2.05) is 37.3 Å². The van der Waals surface area contributed by atoms with Crippen LogP contribution in [0, 0.1) is 0 Å². The van der Waals surface area contributed by atoms with Gasteiger partial charge in [0.1, 0.15) is 0 Å². The van der Waals surface area contributed by atoms with Crippen molar-refractivity contribution in [3.8, 4) is 0 Å². The number of esters is 1. The Labute approximate surface area is 167 Å². The van der Waals surface area contributed by atoms with E-state index < -0.39 is 30.2 Å². The summed E-state index contributed by atoms with van der Waals surface area (Å²) in [5, 5.41) is 2.84. The zero-order valence-corrected chi connectivity index (χ0v) is 15.9. The fourth-order valence-corrected chi connectivity index (χ4v) is 2.66. The zero-order valence-electron chi connectivity index (χ0n) is 15.9. The summed E-state index contributed by atoms with van der Waals surface area (Å²) < 4.78 is 42.5. The maximum absolute atomic E-state index is 12.5. The molecule has 154 valence electrons. The lowest BCUT2D eigenvalue weighted by Crippen LogP contribution is -2.32. The fraction of sp³-hybridized carbons (Fsp3) is 0.273. The first-order valence-electron chi connectivity index (χ1n) is 9.16. The van der Waals surface area contributed by atoms with E-state index >= 15 is 0 Å². The third-order valence-corrected chi connectivity index (χ3v) is 4.11. The molecule has 0 spiro atoms. The molecular weight excluding hydrogens is 383 g/mol. The number of ether oxygens (including phenoxy) is 1. The highest BCUT2D eigenvalue weighted by Gasteiger charge is 2.29. The van der Waals surface area contributed by atoms with Gasteiger partial charge in [-0.25, -0.2) is 4.79 Å². The first-order chi connectivity index (χ1) is 13.8. The molecule has 0 bridgehead atoms. The minimum absolute atomic E-state index is 0.171. The van der Waals surface area contributed by atoms with Crippen molar-refractivity contribution in [2.45, 2.75) is 32.0 Å². The number of benzene rings is 2. The first-order valence-corrected chi connectivity index (χ1v) is 9.16. The van der Waals surface area contributed by atoms with Gasteiger partial charge in [-0.05, 0) is 35.8 Å². The van der Waals surface area contributed by atoms with Gasteiger partial charge >= 0.3 is 12.1 Å². The van der Waals surface area contributed by atoms with E-state index in [0.29, 0.717) is 5.56 Å². The van der Waals surface area contributed by atoms with Crippen LogP contribution in [0.3, 0.4) is 0 Å². The van der Waals surface area contributed by atoms with Gasteiger partial charge in [0.25, 0.3) is 5.91 Å². The molecule has 0 aliphatic heterocycles. The Kier molecular flexibility index (Phi) is 8.00. The SMILES string of the molecule is CCC[C@H](NC(=O)COC(=O)/C=C/c1ccc(C(F)(F)F)cc1)c1ccccc1. The highest BCUT2D eigenvalue weighted by Crippen LogP contribution is 2.29. The molecule has 1 amide bonds. The summed E-state index contributed by atoms with van der Waals surface area (Å²) in [4.78, 5) is 23.9. The van der Waals surface area contributed by atoms with Crippen LogP contribution in [-0.4, -0.2) is 18.5 Å². The lowest BCUT2D eigenvalue weighted by molar-refractivity contribution is -0.144. The summed E-state index contributed by atoms with van der Waals surface area (Å²) in [6.07, 6.45) is -0.405. The molecule has 2 aromatic rings. The number of carbonyl (C=O) groups is 2. The van der Waals surface area contributed by atoms with Crippen molar-refractivity contribution in [3.05, 3.63) is 77.4 Å². The molecule has 7 heteroatoms. The van der Waals surface area contributed by atoms with Gasteiger partial charge in [0.2, 0.25) is 0 Å². The predicted molar refractivity (Wildman–Crippen MR) is 104 cm³/mol. The number of amides is 1. The Balaban J connectivity index is 1.84. The second-order valence-electron chi connectivity index (χ2n) is 6.38. The Morgan fingerprint density at radius 3 is 2.31 bits per heavy atom. The highest BCUT2D eigenvalue weighted by atomic mass is 19.4. The van der Waals surface area contributed by atoms with Crippen molar-refractivity contribution in [2.75, 3.05) is 6.61 Å². The van der Waals surface area contributed by atoms with Crippen molar-refractivity contribution < 1.29 is 27.5 Å². The molecule has 0 saturated heterocycles. The lowest BCUT2D eigenvalue weighted by Gasteiger charge is -2.18. The Morgan fingerprint density at radius 2 is 1.72 bits per heavy atom. The molecule has 0 aliphatic carbocycles. The molecule has 1 N–H and O–H groups in total. The minimum atomic E-state index is -4.41. The molecule has 1 atom stereocenters. The van der Waals surface area contributed by atoms with Crippen molar-refractivity contribution >= 4 is 18.0 Å². The quantitative estimate of drug-likeness (QED) is 0.501. The van der Waals surface area contributed by atoms with Gasteiger partial charge in [-0.15, -0.1) is 0 Å². The summed E-state index contributed by atoms with van der Waals surface area (Å²) in [5.41, 5.74) is 0.608. The normalized spacial score (nSPS) is 12.6. The van der Waals surface area contributed by atoms with Crippen LogP contribution in [0.2, 0.25) is 0 Å². The average Bonchev–Trinajstić information content (AvgIpc) is 2.70. The van der Waals surface area contributed by atoms with Crippen LogP contribution in [0.5, 0.6) is 0 Å². The van der Waals surface area contributed by atoms with E-state index in [0.717, 1.165) is 36.6 Å². The van der Waals surface area contributed by atoms with Gasteiger partial charge < -0.3 is 10.1 Å². The largest absolute Gasteiger partial charge is 0.452 e. The summed E-state index contributed by atoms with van der Waals surface area (Å²) >= 11 is 0. The summed E-state index contributed by atoms with van der Waals surface area (Å²) in [7, 11) is 0. The van der Waals surface area contributed by atoms with Crippen LogP contribution in [0.15, 0.2) is 60.7 Å². The monoisotopic (exact) mass is 405 g/mol. The van der Waals surface area contributed by atoms with Crippen LogP contribution < -0.4 is 5.32 Å². The number of alkyl halides is 3. The molecule has 0 saturated carbocycles. The second kappa shape index (κ2) is 10.5. The maximum Gasteiger partial charge on any atom is 0.416 e. The van der Waals surface area contributed by atoms with Crippen LogP contribution in [0.1, 0.15) is 42.5 Å². The van der Waals surface area contributed by atoms with E-state index in [9.17, 15) is 22.8 Å². The van der Waals surface area contributed by atoms with Crippen LogP contribution in [0.4, 0.5) is 13.2 Å². The fourth-order valence-electron chi connectivity index (χ4n) is 2.66. The smallest absolute Gasteiger partial charge is 0.416 e. The molecule has 0 heterocycles. The number of hydrogen-bond acceptors (Lipinski definition) is 3. The molecule has 0 fully saturated rings. The average molecular weight is 405 g/mol. The molecule has 29 heavy (non-hydrogen) atoms. The molecule has 2 aromatic carbocycles. The van der Waals surface area contributed by atoms with Crippen molar-refractivity contribution in [3.63, 3.8) is 0 Å². The van der Waals surface area contributed by atoms with Crippen molar-refractivity contribution in [1.29, 1.82) is 0 Å². The summed E-state index contributed by atoms with van der Waals surface area (Å²) in [5.74, 6) is -1.18. The number of rotatable bonds is 8. The minimum Gasteiger partial charge on any atom is -0.452 e. The molecule has 0 radical (unpaired) electrons. The number of halogens is 3. The molecule has 0 aliphatic rings. The van der Waals surface area contributed by atoms with E-state index in [1.54, 1.807) is 0 Å². The maximum atomic E-state index is 12.5. The molecule has 2 rings (SSSR count). The standard InChI is InChI=1S/C22H22F3NO3/c1-2-6-19(17-7-4-3-5-8-17)26-20(27)15-29-21(28)14-11-16-9-12-18(13-10-16)22(23,24)25/h3-5,7-14,19H,2,6,15H2,1H3,(H,26,27)/b14-11+/t19-/m0/s1. The van der Waals surface area contributed by atoms with E-state index in [4.69, 9.17) is 4.74 Å². The number of carbonyl (C=O) groups excluding carboxylic acids is 2. The van der Waals surface area contributed by atoms with Crippen molar-refractivity contribution in [2.24, 2.45) is 0 Å². The van der Waals surface area contributed by atoms with Gasteiger partial charge in [-0.2, -0.15) is 13.2 Å². The topological polar surface area (TPSA) is 55.4 Å². The van der Waals surface area contributed by atoms with Crippen molar-refractivity contribution in [1.82, 2.24) is 5.32 Å². The molecule has 4 nitrogen and oxygen atoms in total. The van der Waals surface area contributed by atoms with E-state index in [-0.39, 0.29) is 6.04 Å². The molecule has 0 unspecified atom stereocenters. The lowest BCUT2D eigenvalue weighted by atomic mass is 10.0. The highest BCUT2D eigenvalue weighted by molar-refractivity contribution is 5.89. The zero-order chi connectivity index (χ0) is 21.3. The first kappa shape index (κ1) is 22.2. The van der Waals surface area contributed by atoms with Gasteiger partial charge in [0.15, 0.2) is 6.61 Å². The summed E-state index contributed by atoms with van der Waals surface area (Å²) in [6.45, 7) is 1.57. The van der Waals surface area contributed by atoms with Gasteiger partial charge in [0.05, 0.1) is 11.6 Å². The number of nitrogens with one attached hydrogen (secondary N) is 1. The van der Waals surface area contributed by atoms with E-state index in [2.05, 4.69) is 5.32 Å². The third-order valence-electron chi connectivity index (χ3n) is 4.11. The Hall–Kier alpha value is -3.09. The van der Waals surface area contributed by atoms with Gasteiger partial charge in [0, 0.05) is 6.08 Å². The van der Waals surface area contributed by atoms with Crippen LogP contribution in [-0.2, 0) is 20.5 Å². The second-order valence-corrected chi connectivity index (χ2v) is 6.38. The Morgan fingerprint density at radius 1 is 1.07 bits per heavy atom.